The van der Waals surface area contributed by atoms with E-state index < -0.39 is 11.8 Å². The smallest absolute Gasteiger partial charge is 0.272 e. The summed E-state index contributed by atoms with van der Waals surface area (Å²) < 4.78 is 11.5. The second-order valence-electron chi connectivity index (χ2n) is 9.69. The molecule has 9 heteroatoms. The molecule has 0 aliphatic carbocycles. The van der Waals surface area contributed by atoms with Crippen LogP contribution in [-0.2, 0) is 9.59 Å². The Morgan fingerprint density at radius 1 is 0.778 bits per heavy atom. The van der Waals surface area contributed by atoms with Crippen molar-refractivity contribution < 1.29 is 23.5 Å². The number of amides is 3. The van der Waals surface area contributed by atoms with Crippen LogP contribution in [0.4, 0.5) is 11.4 Å². The molecule has 45 heavy (non-hydrogen) atoms. The molecule has 4 aromatic carbocycles. The molecule has 8 nitrogen and oxygen atoms in total. The summed E-state index contributed by atoms with van der Waals surface area (Å²) in [7, 11) is 0. The van der Waals surface area contributed by atoms with Crippen molar-refractivity contribution in [2.75, 3.05) is 23.0 Å². The quantitative estimate of drug-likeness (QED) is 0.0989. The molecule has 0 bridgehead atoms. The van der Waals surface area contributed by atoms with Gasteiger partial charge in [0, 0.05) is 27.8 Å². The van der Waals surface area contributed by atoms with Gasteiger partial charge in [-0.15, -0.1) is 11.8 Å². The highest BCUT2D eigenvalue weighted by Crippen LogP contribution is 2.26. The van der Waals surface area contributed by atoms with E-state index in [1.165, 1.54) is 17.8 Å². The zero-order chi connectivity index (χ0) is 31.4. The summed E-state index contributed by atoms with van der Waals surface area (Å²) in [4.78, 5) is 39.8. The van der Waals surface area contributed by atoms with Crippen LogP contribution < -0.4 is 20.7 Å². The molecule has 0 atom stereocenters. The minimum atomic E-state index is -0.523. The van der Waals surface area contributed by atoms with Crippen LogP contribution in [0, 0.1) is 0 Å². The Hall–Kier alpha value is -5.54. The fourth-order valence-electron chi connectivity index (χ4n) is 4.29. The lowest BCUT2D eigenvalue weighted by Gasteiger charge is -2.12. The monoisotopic (exact) mass is 617 g/mol. The number of hydrogen-bond acceptors (Lipinski definition) is 6. The fourth-order valence-corrected chi connectivity index (χ4v) is 4.99. The van der Waals surface area contributed by atoms with Crippen LogP contribution in [0.5, 0.6) is 5.75 Å². The molecule has 0 spiro atoms. The Morgan fingerprint density at radius 2 is 1.47 bits per heavy atom. The minimum Gasteiger partial charge on any atom is -0.492 e. The van der Waals surface area contributed by atoms with Crippen molar-refractivity contribution in [1.82, 2.24) is 5.32 Å². The molecule has 0 radical (unpaired) electrons. The van der Waals surface area contributed by atoms with Gasteiger partial charge >= 0.3 is 0 Å². The van der Waals surface area contributed by atoms with Crippen LogP contribution in [0.1, 0.15) is 23.0 Å². The topological polar surface area (TPSA) is 110 Å². The maximum atomic E-state index is 13.4. The number of nitrogens with one attached hydrogen (secondary N) is 3. The number of hydrogen-bond donors (Lipinski definition) is 3. The van der Waals surface area contributed by atoms with Gasteiger partial charge in [0.25, 0.3) is 11.8 Å². The predicted octanol–water partition coefficient (Wildman–Crippen LogP) is 7.49. The molecule has 0 aliphatic heterocycles. The van der Waals surface area contributed by atoms with Gasteiger partial charge in [-0.2, -0.15) is 0 Å². The predicted molar refractivity (Wildman–Crippen MR) is 178 cm³/mol. The molecule has 0 aliphatic rings. The summed E-state index contributed by atoms with van der Waals surface area (Å²) in [6.45, 7) is 2.39. The lowest BCUT2D eigenvalue weighted by atomic mass is 10.2. The Kier molecular flexibility index (Phi) is 10.5. The van der Waals surface area contributed by atoms with Gasteiger partial charge in [0.1, 0.15) is 23.0 Å². The standard InChI is InChI=1S/C36H31N3O5S/c1-2-43-33-16-10-9-15-30(33)38-34(40)24-45-29-20-17-27(18-21-29)37-36(42)31(39-35(41)26-13-7-4-8-14-26)23-28-19-22-32(44-28)25-11-5-3-6-12-25/h3-23H,2,24H2,1H3,(H,37,42)(H,38,40)(H,39,41). The van der Waals surface area contributed by atoms with E-state index in [4.69, 9.17) is 9.15 Å². The van der Waals surface area contributed by atoms with E-state index in [9.17, 15) is 14.4 Å². The first-order chi connectivity index (χ1) is 22.0. The molecule has 5 rings (SSSR count). The van der Waals surface area contributed by atoms with E-state index in [1.54, 1.807) is 48.5 Å². The second kappa shape index (κ2) is 15.3. The minimum absolute atomic E-state index is 0.0141. The number of carbonyl (C=O) groups excluding carboxylic acids is 3. The summed E-state index contributed by atoms with van der Waals surface area (Å²) in [6.07, 6.45) is 1.50. The van der Waals surface area contributed by atoms with Gasteiger partial charge in [0.05, 0.1) is 18.0 Å². The van der Waals surface area contributed by atoms with Crippen LogP contribution in [0.3, 0.4) is 0 Å². The molecule has 226 valence electrons. The molecule has 0 saturated heterocycles. The zero-order valence-electron chi connectivity index (χ0n) is 24.5. The lowest BCUT2D eigenvalue weighted by Crippen LogP contribution is -2.30. The van der Waals surface area contributed by atoms with Gasteiger partial charge < -0.3 is 25.1 Å². The Labute approximate surface area is 265 Å². The molecular formula is C36H31N3O5S. The number of ether oxygens (including phenoxy) is 1. The number of thioether (sulfide) groups is 1. The third kappa shape index (κ3) is 8.75. The van der Waals surface area contributed by atoms with Gasteiger partial charge in [-0.05, 0) is 67.6 Å². The van der Waals surface area contributed by atoms with Crippen LogP contribution in [0.2, 0.25) is 0 Å². The summed E-state index contributed by atoms with van der Waals surface area (Å²) in [5.74, 6) is 0.735. The lowest BCUT2D eigenvalue weighted by molar-refractivity contribution is -0.114. The van der Waals surface area contributed by atoms with Gasteiger partial charge in [-0.3, -0.25) is 14.4 Å². The van der Waals surface area contributed by atoms with Crippen LogP contribution in [-0.4, -0.2) is 30.1 Å². The van der Waals surface area contributed by atoms with E-state index in [2.05, 4.69) is 16.0 Å². The van der Waals surface area contributed by atoms with Gasteiger partial charge in [-0.1, -0.05) is 60.7 Å². The Bertz CT molecular complexity index is 1780. The molecule has 3 N–H and O–H groups in total. The molecule has 1 aromatic heterocycles. The molecule has 0 saturated carbocycles. The molecular weight excluding hydrogens is 586 g/mol. The number of rotatable bonds is 12. The van der Waals surface area contributed by atoms with E-state index in [1.807, 2.05) is 79.7 Å². The third-order valence-electron chi connectivity index (χ3n) is 6.44. The molecule has 3 amide bonds. The molecule has 5 aromatic rings. The van der Waals surface area contributed by atoms with Crippen LogP contribution in [0.15, 0.2) is 136 Å². The normalized spacial score (nSPS) is 11.0. The largest absolute Gasteiger partial charge is 0.492 e. The maximum absolute atomic E-state index is 13.4. The number of para-hydroxylation sites is 2. The maximum Gasteiger partial charge on any atom is 0.272 e. The number of benzene rings is 4. The second-order valence-corrected chi connectivity index (χ2v) is 10.7. The summed E-state index contributed by atoms with van der Waals surface area (Å²) >= 11 is 1.36. The number of anilines is 2. The van der Waals surface area contributed by atoms with E-state index >= 15 is 0 Å². The zero-order valence-corrected chi connectivity index (χ0v) is 25.3. The summed E-state index contributed by atoms with van der Waals surface area (Å²) in [5, 5.41) is 8.44. The van der Waals surface area contributed by atoms with Gasteiger partial charge in [-0.25, -0.2) is 0 Å². The molecule has 0 unspecified atom stereocenters. The van der Waals surface area contributed by atoms with Crippen molar-refractivity contribution in [2.24, 2.45) is 0 Å². The van der Waals surface area contributed by atoms with Crippen molar-refractivity contribution in [3.63, 3.8) is 0 Å². The number of carbonyl (C=O) groups is 3. The van der Waals surface area contributed by atoms with Gasteiger partial charge in [0.2, 0.25) is 5.91 Å². The van der Waals surface area contributed by atoms with Crippen molar-refractivity contribution >= 4 is 46.9 Å². The first-order valence-corrected chi connectivity index (χ1v) is 15.3. The third-order valence-corrected chi connectivity index (χ3v) is 7.46. The summed E-state index contributed by atoms with van der Waals surface area (Å²) in [6, 6.07) is 36.2. The highest BCUT2D eigenvalue weighted by atomic mass is 32.2. The van der Waals surface area contributed by atoms with Crippen molar-refractivity contribution in [1.29, 1.82) is 0 Å². The SMILES string of the molecule is CCOc1ccccc1NC(=O)CSc1ccc(NC(=O)C(=Cc2ccc(-c3ccccc3)o2)NC(=O)c2ccccc2)cc1. The molecule has 0 fully saturated rings. The van der Waals surface area contributed by atoms with Gasteiger partial charge in [0.15, 0.2) is 0 Å². The number of furan rings is 1. The Morgan fingerprint density at radius 3 is 2.20 bits per heavy atom. The van der Waals surface area contributed by atoms with E-state index in [0.29, 0.717) is 40.8 Å². The average Bonchev–Trinajstić information content (AvgIpc) is 3.54. The van der Waals surface area contributed by atoms with Crippen molar-refractivity contribution in [2.45, 2.75) is 11.8 Å². The average molecular weight is 618 g/mol. The fraction of sp³-hybridized carbons (Fsp3) is 0.0833. The van der Waals surface area contributed by atoms with Crippen LogP contribution in [0.25, 0.3) is 17.4 Å². The van der Waals surface area contributed by atoms with E-state index in [-0.39, 0.29) is 17.4 Å². The van der Waals surface area contributed by atoms with Crippen molar-refractivity contribution in [3.8, 4) is 17.1 Å². The highest BCUT2D eigenvalue weighted by Gasteiger charge is 2.17. The first kappa shape index (κ1) is 30.9. The van der Waals surface area contributed by atoms with Crippen molar-refractivity contribution in [3.05, 3.63) is 138 Å². The summed E-state index contributed by atoms with van der Waals surface area (Å²) in [5.41, 5.74) is 2.45. The Balaban J connectivity index is 1.25. The highest BCUT2D eigenvalue weighted by molar-refractivity contribution is 8.00. The van der Waals surface area contributed by atoms with E-state index in [0.717, 1.165) is 10.5 Å². The first-order valence-electron chi connectivity index (χ1n) is 14.3. The van der Waals surface area contributed by atoms with Crippen LogP contribution >= 0.6 is 11.8 Å². The molecule has 1 heterocycles.